The van der Waals surface area contributed by atoms with Gasteiger partial charge in [-0.2, -0.15) is 4.31 Å². The molecule has 1 saturated heterocycles. The maximum Gasteiger partial charge on any atom is 0.312 e. The van der Waals surface area contributed by atoms with Crippen LogP contribution in [0.4, 0.5) is 5.69 Å². The normalized spacial score (nSPS) is 15.7. The van der Waals surface area contributed by atoms with Gasteiger partial charge in [-0.25, -0.2) is 8.42 Å². The number of benzene rings is 2. The summed E-state index contributed by atoms with van der Waals surface area (Å²) in [4.78, 5) is 12.6. The molecule has 9 nitrogen and oxygen atoms in total. The molecule has 0 unspecified atom stereocenters. The highest BCUT2D eigenvalue weighted by Crippen LogP contribution is 2.30. The monoisotopic (exact) mass is 435 g/mol. The molecule has 2 aromatic rings. The molecule has 1 aliphatic rings. The second-order valence-electron chi connectivity index (χ2n) is 7.00. The number of methoxy groups -OCH3 is 1. The smallest absolute Gasteiger partial charge is 0.312 e. The number of hydrogen-bond acceptors (Lipinski definition) is 7. The first-order valence-electron chi connectivity index (χ1n) is 9.55. The van der Waals surface area contributed by atoms with Crippen molar-refractivity contribution in [3.63, 3.8) is 0 Å². The number of hydrogen-bond donors (Lipinski definition) is 0. The third-order valence-electron chi connectivity index (χ3n) is 4.98. The van der Waals surface area contributed by atoms with Gasteiger partial charge in [-0.3, -0.25) is 15.0 Å². The van der Waals surface area contributed by atoms with Crippen molar-refractivity contribution in [3.05, 3.63) is 58.1 Å². The van der Waals surface area contributed by atoms with Gasteiger partial charge >= 0.3 is 5.69 Å². The van der Waals surface area contributed by atoms with E-state index in [1.54, 1.807) is 0 Å². The Morgan fingerprint density at radius 2 is 1.83 bits per heavy atom. The number of ether oxygens (including phenoxy) is 2. The van der Waals surface area contributed by atoms with Gasteiger partial charge in [-0.05, 0) is 36.8 Å². The summed E-state index contributed by atoms with van der Waals surface area (Å²) in [5.74, 6) is 0.842. The Kier molecular flexibility index (Phi) is 6.91. The van der Waals surface area contributed by atoms with Crippen LogP contribution >= 0.6 is 0 Å². The molecule has 1 aliphatic heterocycles. The largest absolute Gasteiger partial charge is 0.492 e. The summed E-state index contributed by atoms with van der Waals surface area (Å²) in [6.07, 6.45) is 0. The van der Waals surface area contributed by atoms with Crippen molar-refractivity contribution in [3.8, 4) is 11.5 Å². The van der Waals surface area contributed by atoms with Crippen LogP contribution in [-0.4, -0.2) is 69.0 Å². The number of sulfonamides is 1. The summed E-state index contributed by atoms with van der Waals surface area (Å²) in [6.45, 7) is 4.96. The molecule has 0 N–H and O–H groups in total. The van der Waals surface area contributed by atoms with Crippen LogP contribution in [-0.2, 0) is 10.0 Å². The summed E-state index contributed by atoms with van der Waals surface area (Å²) in [5.41, 5.74) is 0.760. The van der Waals surface area contributed by atoms with E-state index in [4.69, 9.17) is 9.47 Å². The second kappa shape index (κ2) is 9.41. The van der Waals surface area contributed by atoms with Crippen LogP contribution in [0.25, 0.3) is 0 Å². The van der Waals surface area contributed by atoms with Gasteiger partial charge in [0.15, 0.2) is 5.75 Å². The molecule has 0 amide bonds. The molecule has 1 fully saturated rings. The molecule has 0 bridgehead atoms. The Balaban J connectivity index is 1.57. The van der Waals surface area contributed by atoms with E-state index in [2.05, 4.69) is 4.90 Å². The lowest BCUT2D eigenvalue weighted by Crippen LogP contribution is -2.49. The molecule has 0 aliphatic carbocycles. The van der Waals surface area contributed by atoms with Gasteiger partial charge in [0.25, 0.3) is 0 Å². The quantitative estimate of drug-likeness (QED) is 0.463. The fraction of sp³-hybridized carbons (Fsp3) is 0.400. The molecule has 0 spiro atoms. The van der Waals surface area contributed by atoms with Gasteiger partial charge in [0.1, 0.15) is 12.4 Å². The zero-order chi connectivity index (χ0) is 21.7. The first-order valence-corrected chi connectivity index (χ1v) is 11.0. The van der Waals surface area contributed by atoms with E-state index in [1.807, 2.05) is 31.2 Å². The standard InChI is InChI=1S/C20H25N3O6S/c1-16-4-3-5-17(14-16)29-13-12-21-8-10-22(11-9-21)30(26,27)18-6-7-20(28-2)19(15-18)23(24)25/h3-7,14-15H,8-13H2,1-2H3. The van der Waals surface area contributed by atoms with Crippen molar-refractivity contribution in [2.75, 3.05) is 46.4 Å². The molecule has 162 valence electrons. The van der Waals surface area contributed by atoms with Crippen LogP contribution in [0, 0.1) is 17.0 Å². The lowest BCUT2D eigenvalue weighted by atomic mass is 10.2. The van der Waals surface area contributed by atoms with Gasteiger partial charge < -0.3 is 9.47 Å². The molecule has 2 aromatic carbocycles. The molecule has 0 aromatic heterocycles. The van der Waals surface area contributed by atoms with E-state index >= 15 is 0 Å². The predicted molar refractivity (Wildman–Crippen MR) is 112 cm³/mol. The van der Waals surface area contributed by atoms with Gasteiger partial charge in [0.2, 0.25) is 10.0 Å². The highest BCUT2D eigenvalue weighted by atomic mass is 32.2. The average molecular weight is 436 g/mol. The summed E-state index contributed by atoms with van der Waals surface area (Å²) >= 11 is 0. The highest BCUT2D eigenvalue weighted by molar-refractivity contribution is 7.89. The topological polar surface area (TPSA) is 102 Å². The minimum Gasteiger partial charge on any atom is -0.492 e. The summed E-state index contributed by atoms with van der Waals surface area (Å²) in [6, 6.07) is 11.5. The van der Waals surface area contributed by atoms with Crippen molar-refractivity contribution in [1.82, 2.24) is 9.21 Å². The van der Waals surface area contributed by atoms with Crippen molar-refractivity contribution < 1.29 is 22.8 Å². The number of nitro groups is 1. The van der Waals surface area contributed by atoms with E-state index < -0.39 is 14.9 Å². The third kappa shape index (κ3) is 5.07. The second-order valence-corrected chi connectivity index (χ2v) is 8.94. The van der Waals surface area contributed by atoms with Gasteiger partial charge in [0.05, 0.1) is 16.9 Å². The van der Waals surface area contributed by atoms with E-state index in [9.17, 15) is 18.5 Å². The van der Waals surface area contributed by atoms with E-state index in [-0.39, 0.29) is 16.3 Å². The predicted octanol–water partition coefficient (Wildman–Crippen LogP) is 2.30. The maximum atomic E-state index is 12.9. The lowest BCUT2D eigenvalue weighted by molar-refractivity contribution is -0.386. The minimum absolute atomic E-state index is 0.0254. The third-order valence-corrected chi connectivity index (χ3v) is 6.88. The Bertz CT molecular complexity index is 1000. The molecule has 0 atom stereocenters. The summed E-state index contributed by atoms with van der Waals surface area (Å²) < 4.78 is 37.9. The molecular formula is C20H25N3O6S. The SMILES string of the molecule is COc1ccc(S(=O)(=O)N2CCN(CCOc3cccc(C)c3)CC2)cc1[N+](=O)[O-]. The average Bonchev–Trinajstić information content (AvgIpc) is 2.73. The van der Waals surface area contributed by atoms with Crippen LogP contribution in [0.3, 0.4) is 0 Å². The van der Waals surface area contributed by atoms with Crippen LogP contribution in [0.2, 0.25) is 0 Å². The van der Waals surface area contributed by atoms with E-state index in [0.717, 1.165) is 17.4 Å². The van der Waals surface area contributed by atoms with Crippen LogP contribution < -0.4 is 9.47 Å². The summed E-state index contributed by atoms with van der Waals surface area (Å²) in [5, 5.41) is 11.2. The van der Waals surface area contributed by atoms with Crippen LogP contribution in [0.1, 0.15) is 5.56 Å². The van der Waals surface area contributed by atoms with Gasteiger partial charge in [-0.1, -0.05) is 12.1 Å². The highest BCUT2D eigenvalue weighted by Gasteiger charge is 2.30. The first kappa shape index (κ1) is 22.0. The fourth-order valence-electron chi connectivity index (χ4n) is 3.31. The van der Waals surface area contributed by atoms with E-state index in [1.165, 1.54) is 23.5 Å². The van der Waals surface area contributed by atoms with Crippen molar-refractivity contribution >= 4 is 15.7 Å². The number of aryl methyl sites for hydroxylation is 1. The molecular weight excluding hydrogens is 410 g/mol. The van der Waals surface area contributed by atoms with Crippen LogP contribution in [0.15, 0.2) is 47.4 Å². The Hall–Kier alpha value is -2.69. The molecule has 0 radical (unpaired) electrons. The first-order chi connectivity index (χ1) is 14.3. The Labute approximate surface area is 176 Å². The number of piperazine rings is 1. The Morgan fingerprint density at radius 1 is 1.10 bits per heavy atom. The van der Waals surface area contributed by atoms with Gasteiger partial charge in [-0.15, -0.1) is 0 Å². The zero-order valence-electron chi connectivity index (χ0n) is 17.0. The number of nitrogens with zero attached hydrogens (tertiary/aromatic N) is 3. The molecule has 30 heavy (non-hydrogen) atoms. The van der Waals surface area contributed by atoms with Crippen molar-refractivity contribution in [2.24, 2.45) is 0 Å². The lowest BCUT2D eigenvalue weighted by Gasteiger charge is -2.33. The summed E-state index contributed by atoms with van der Waals surface area (Å²) in [7, 11) is -2.52. The molecule has 0 saturated carbocycles. The minimum atomic E-state index is -3.82. The van der Waals surface area contributed by atoms with Crippen molar-refractivity contribution in [2.45, 2.75) is 11.8 Å². The maximum absolute atomic E-state index is 12.9. The van der Waals surface area contributed by atoms with Gasteiger partial charge in [0, 0.05) is 38.8 Å². The number of nitro benzene ring substituents is 1. The zero-order valence-corrected chi connectivity index (χ0v) is 17.8. The Morgan fingerprint density at radius 3 is 2.47 bits per heavy atom. The van der Waals surface area contributed by atoms with Crippen LogP contribution in [0.5, 0.6) is 11.5 Å². The fourth-order valence-corrected chi connectivity index (χ4v) is 4.76. The van der Waals surface area contributed by atoms with E-state index in [0.29, 0.717) is 39.3 Å². The van der Waals surface area contributed by atoms with Crippen molar-refractivity contribution in [1.29, 1.82) is 0 Å². The molecule has 10 heteroatoms. The molecule has 3 rings (SSSR count). The number of rotatable bonds is 8. The molecule has 1 heterocycles.